The van der Waals surface area contributed by atoms with Crippen LogP contribution in [-0.4, -0.2) is 36.2 Å². The number of esters is 1. The Morgan fingerprint density at radius 1 is 1.22 bits per heavy atom. The van der Waals surface area contributed by atoms with E-state index < -0.39 is 0 Å². The zero-order chi connectivity index (χ0) is 16.5. The molecule has 0 aliphatic carbocycles. The van der Waals surface area contributed by atoms with Gasteiger partial charge in [-0.3, -0.25) is 0 Å². The number of piperidine rings is 1. The number of rotatable bonds is 5. The summed E-state index contributed by atoms with van der Waals surface area (Å²) in [6.07, 6.45) is 5.60. The number of ether oxygens (including phenoxy) is 2. The Bertz CT molecular complexity index is 541. The van der Waals surface area contributed by atoms with Gasteiger partial charge in [-0.05, 0) is 31.7 Å². The number of carbonyl (C=O) groups is 2. The average Bonchev–Trinajstić information content (AvgIpc) is 2.59. The summed E-state index contributed by atoms with van der Waals surface area (Å²) < 4.78 is 10.3. The van der Waals surface area contributed by atoms with Crippen LogP contribution in [0.2, 0.25) is 0 Å². The molecular weight excluding hydrogens is 294 g/mol. The Balaban J connectivity index is 1.91. The number of likely N-dealkylation sites (tertiary alicyclic amines) is 1. The van der Waals surface area contributed by atoms with Crippen LogP contribution in [-0.2, 0) is 20.9 Å². The van der Waals surface area contributed by atoms with Gasteiger partial charge < -0.3 is 14.4 Å². The molecule has 1 atom stereocenters. The first-order valence-electron chi connectivity index (χ1n) is 8.03. The molecule has 1 fully saturated rings. The summed E-state index contributed by atoms with van der Waals surface area (Å²) in [5.41, 5.74) is 0.955. The molecule has 1 amide bonds. The van der Waals surface area contributed by atoms with Crippen molar-refractivity contribution in [1.82, 2.24) is 4.90 Å². The van der Waals surface area contributed by atoms with E-state index in [1.165, 1.54) is 6.08 Å². The number of benzene rings is 1. The van der Waals surface area contributed by atoms with E-state index in [-0.39, 0.29) is 24.7 Å². The zero-order valence-corrected chi connectivity index (χ0v) is 13.4. The van der Waals surface area contributed by atoms with Crippen molar-refractivity contribution in [3.05, 3.63) is 48.0 Å². The fraction of sp³-hybridized carbons (Fsp3) is 0.444. The van der Waals surface area contributed by atoms with Crippen LogP contribution >= 0.6 is 0 Å². The summed E-state index contributed by atoms with van der Waals surface area (Å²) in [5.74, 6) is -0.379. The first-order valence-corrected chi connectivity index (χ1v) is 8.03. The first-order chi connectivity index (χ1) is 11.2. The molecule has 0 spiro atoms. The Morgan fingerprint density at radius 3 is 2.74 bits per heavy atom. The Hall–Kier alpha value is -2.30. The van der Waals surface area contributed by atoms with Crippen molar-refractivity contribution < 1.29 is 19.1 Å². The standard InChI is InChI=1S/C18H23NO4/c1-2-22-17(20)12-11-16-10-6-7-13-19(16)18(21)23-14-15-8-4-3-5-9-15/h3-5,8-9,11-12,16H,2,6-7,10,13-14H2,1H3. The highest BCUT2D eigenvalue weighted by Gasteiger charge is 2.26. The monoisotopic (exact) mass is 317 g/mol. The quantitative estimate of drug-likeness (QED) is 0.617. The molecule has 1 aromatic rings. The third-order valence-corrected chi connectivity index (χ3v) is 3.73. The number of nitrogens with zero attached hydrogens (tertiary/aromatic N) is 1. The topological polar surface area (TPSA) is 55.8 Å². The molecule has 1 aliphatic rings. The smallest absolute Gasteiger partial charge is 0.410 e. The molecule has 124 valence electrons. The van der Waals surface area contributed by atoms with Crippen LogP contribution in [0.15, 0.2) is 42.5 Å². The maximum Gasteiger partial charge on any atom is 0.410 e. The van der Waals surface area contributed by atoms with Crippen LogP contribution < -0.4 is 0 Å². The molecule has 0 saturated carbocycles. The minimum absolute atomic E-state index is 0.114. The second kappa shape index (κ2) is 8.98. The van der Waals surface area contributed by atoms with Crippen molar-refractivity contribution in [3.63, 3.8) is 0 Å². The van der Waals surface area contributed by atoms with Gasteiger partial charge in [0.05, 0.1) is 12.6 Å². The van der Waals surface area contributed by atoms with Crippen molar-refractivity contribution in [3.8, 4) is 0 Å². The summed E-state index contributed by atoms with van der Waals surface area (Å²) in [6, 6.07) is 9.47. The predicted octanol–water partition coefficient (Wildman–Crippen LogP) is 3.30. The van der Waals surface area contributed by atoms with Crippen LogP contribution in [0.4, 0.5) is 4.79 Å². The lowest BCUT2D eigenvalue weighted by Crippen LogP contribution is -2.43. The highest BCUT2D eigenvalue weighted by Crippen LogP contribution is 2.19. The third kappa shape index (κ3) is 5.43. The van der Waals surface area contributed by atoms with Crippen molar-refractivity contribution in [2.24, 2.45) is 0 Å². The molecule has 2 rings (SSSR count). The molecule has 1 aliphatic heterocycles. The van der Waals surface area contributed by atoms with Gasteiger partial charge in [0.1, 0.15) is 6.61 Å². The third-order valence-electron chi connectivity index (χ3n) is 3.73. The second-order valence-corrected chi connectivity index (χ2v) is 5.41. The summed E-state index contributed by atoms with van der Waals surface area (Å²) in [5, 5.41) is 0. The van der Waals surface area contributed by atoms with Crippen LogP contribution in [0.3, 0.4) is 0 Å². The fourth-order valence-corrected chi connectivity index (χ4v) is 2.57. The predicted molar refractivity (Wildman–Crippen MR) is 86.7 cm³/mol. The molecule has 0 radical (unpaired) electrons. The molecule has 23 heavy (non-hydrogen) atoms. The summed E-state index contributed by atoms with van der Waals surface area (Å²) in [6.45, 7) is 3.01. The van der Waals surface area contributed by atoms with Gasteiger partial charge in [-0.25, -0.2) is 9.59 Å². The van der Waals surface area contributed by atoms with Gasteiger partial charge in [-0.2, -0.15) is 0 Å². The number of carbonyl (C=O) groups excluding carboxylic acids is 2. The van der Waals surface area contributed by atoms with Crippen molar-refractivity contribution in [2.75, 3.05) is 13.2 Å². The fourth-order valence-electron chi connectivity index (χ4n) is 2.57. The average molecular weight is 317 g/mol. The van der Waals surface area contributed by atoms with Gasteiger partial charge in [0.15, 0.2) is 0 Å². The maximum absolute atomic E-state index is 12.3. The molecular formula is C18H23NO4. The van der Waals surface area contributed by atoms with Crippen LogP contribution in [0.5, 0.6) is 0 Å². The van der Waals surface area contributed by atoms with Gasteiger partial charge >= 0.3 is 12.1 Å². The SMILES string of the molecule is CCOC(=O)C=CC1CCCCN1C(=O)OCc1ccccc1. The molecule has 0 aromatic heterocycles. The number of hydrogen-bond acceptors (Lipinski definition) is 4. The van der Waals surface area contributed by atoms with E-state index in [1.54, 1.807) is 17.9 Å². The number of hydrogen-bond donors (Lipinski definition) is 0. The lowest BCUT2D eigenvalue weighted by atomic mass is 10.0. The van der Waals surface area contributed by atoms with E-state index in [9.17, 15) is 9.59 Å². The van der Waals surface area contributed by atoms with E-state index in [0.717, 1.165) is 24.8 Å². The minimum Gasteiger partial charge on any atom is -0.463 e. The molecule has 0 N–H and O–H groups in total. The molecule has 1 heterocycles. The molecule has 0 bridgehead atoms. The summed E-state index contributed by atoms with van der Waals surface area (Å²) in [4.78, 5) is 25.4. The van der Waals surface area contributed by atoms with E-state index in [1.807, 2.05) is 30.3 Å². The molecule has 5 heteroatoms. The van der Waals surface area contributed by atoms with E-state index in [0.29, 0.717) is 13.2 Å². The minimum atomic E-state index is -0.379. The molecule has 1 unspecified atom stereocenters. The Kier molecular flexibility index (Phi) is 6.66. The first kappa shape index (κ1) is 17.1. The summed E-state index contributed by atoms with van der Waals surface area (Å²) in [7, 11) is 0. The molecule has 1 saturated heterocycles. The highest BCUT2D eigenvalue weighted by atomic mass is 16.6. The molecule has 1 aromatic carbocycles. The van der Waals surface area contributed by atoms with Crippen molar-refractivity contribution >= 4 is 12.1 Å². The zero-order valence-electron chi connectivity index (χ0n) is 13.4. The van der Waals surface area contributed by atoms with Crippen LogP contribution in [0.1, 0.15) is 31.7 Å². The largest absolute Gasteiger partial charge is 0.463 e. The Labute approximate surface area is 136 Å². The highest BCUT2D eigenvalue weighted by molar-refractivity contribution is 5.82. The lowest BCUT2D eigenvalue weighted by Gasteiger charge is -2.33. The van der Waals surface area contributed by atoms with Gasteiger partial charge in [0, 0.05) is 12.6 Å². The van der Waals surface area contributed by atoms with Gasteiger partial charge in [0.2, 0.25) is 0 Å². The van der Waals surface area contributed by atoms with Crippen LogP contribution in [0, 0.1) is 0 Å². The Morgan fingerprint density at radius 2 is 2.00 bits per heavy atom. The lowest BCUT2D eigenvalue weighted by molar-refractivity contribution is -0.137. The van der Waals surface area contributed by atoms with E-state index in [2.05, 4.69) is 0 Å². The van der Waals surface area contributed by atoms with E-state index >= 15 is 0 Å². The van der Waals surface area contributed by atoms with Gasteiger partial charge in [-0.15, -0.1) is 0 Å². The summed E-state index contributed by atoms with van der Waals surface area (Å²) >= 11 is 0. The van der Waals surface area contributed by atoms with Gasteiger partial charge in [-0.1, -0.05) is 36.4 Å². The van der Waals surface area contributed by atoms with Crippen molar-refractivity contribution in [1.29, 1.82) is 0 Å². The number of amides is 1. The molecule has 5 nitrogen and oxygen atoms in total. The second-order valence-electron chi connectivity index (χ2n) is 5.41. The van der Waals surface area contributed by atoms with Gasteiger partial charge in [0.25, 0.3) is 0 Å². The van der Waals surface area contributed by atoms with E-state index in [4.69, 9.17) is 9.47 Å². The normalized spacial score (nSPS) is 18.0. The maximum atomic E-state index is 12.3. The van der Waals surface area contributed by atoms with Crippen LogP contribution in [0.25, 0.3) is 0 Å². The van der Waals surface area contributed by atoms with Crippen molar-refractivity contribution in [2.45, 2.75) is 38.8 Å².